The molecule has 0 fully saturated rings. The molecule has 0 radical (unpaired) electrons. The zero-order valence-electron chi connectivity index (χ0n) is 10.0. The normalized spacial score (nSPS) is 11.4. The summed E-state index contributed by atoms with van der Waals surface area (Å²) in [6.07, 6.45) is 1.31. The Hall–Kier alpha value is -2.22. The molecule has 1 aromatic heterocycles. The summed E-state index contributed by atoms with van der Waals surface area (Å²) in [6, 6.07) is 5.67. The molecule has 0 unspecified atom stereocenters. The second kappa shape index (κ2) is 4.81. The van der Waals surface area contributed by atoms with Gasteiger partial charge in [-0.1, -0.05) is 12.1 Å². The minimum absolute atomic E-state index is 0.111. The first kappa shape index (κ1) is 13.2. The first-order valence-electron chi connectivity index (χ1n) is 5.29. The van der Waals surface area contributed by atoms with Crippen molar-refractivity contribution in [2.75, 3.05) is 0 Å². The molecule has 8 heteroatoms. The molecule has 0 bridgehead atoms. The average Bonchev–Trinajstić information content (AvgIpc) is 2.76. The SMILES string of the molecule is Cn1cnnc1S(=O)(=O)Cc1ccc(C(=O)O)cc1. The number of aryl methyl sites for hydroxylation is 1. The van der Waals surface area contributed by atoms with Gasteiger partial charge in [0.05, 0.1) is 11.3 Å². The standard InChI is InChI=1S/C11H11N3O4S/c1-14-7-12-13-11(14)19(17,18)6-8-2-4-9(5-3-8)10(15)16/h2-5,7H,6H2,1H3,(H,15,16). The number of benzene rings is 1. The molecule has 0 saturated heterocycles. The predicted octanol–water partition coefficient (Wildman–Crippen LogP) is 0.487. The topological polar surface area (TPSA) is 102 Å². The van der Waals surface area contributed by atoms with Crippen LogP contribution in [0.3, 0.4) is 0 Å². The fourth-order valence-corrected chi connectivity index (χ4v) is 3.00. The minimum Gasteiger partial charge on any atom is -0.478 e. The Morgan fingerprint density at radius 1 is 1.32 bits per heavy atom. The highest BCUT2D eigenvalue weighted by Gasteiger charge is 2.21. The van der Waals surface area contributed by atoms with Gasteiger partial charge in [0.25, 0.3) is 0 Å². The van der Waals surface area contributed by atoms with Crippen LogP contribution in [0.1, 0.15) is 15.9 Å². The van der Waals surface area contributed by atoms with E-state index in [0.29, 0.717) is 5.56 Å². The van der Waals surface area contributed by atoms with Gasteiger partial charge in [-0.15, -0.1) is 10.2 Å². The van der Waals surface area contributed by atoms with Crippen LogP contribution in [0.25, 0.3) is 0 Å². The first-order valence-corrected chi connectivity index (χ1v) is 6.94. The number of aromatic nitrogens is 3. The van der Waals surface area contributed by atoms with Gasteiger partial charge in [-0.2, -0.15) is 0 Å². The third-order valence-electron chi connectivity index (χ3n) is 2.51. The van der Waals surface area contributed by atoms with E-state index in [1.54, 1.807) is 7.05 Å². The lowest BCUT2D eigenvalue weighted by molar-refractivity contribution is 0.0697. The third-order valence-corrected chi connectivity index (χ3v) is 4.14. The van der Waals surface area contributed by atoms with E-state index in [-0.39, 0.29) is 16.5 Å². The van der Waals surface area contributed by atoms with Crippen molar-refractivity contribution in [2.24, 2.45) is 7.05 Å². The number of aromatic carboxylic acids is 1. The number of sulfone groups is 1. The summed E-state index contributed by atoms with van der Waals surface area (Å²) in [7, 11) is -2.05. The van der Waals surface area contributed by atoms with Crippen LogP contribution in [0.5, 0.6) is 0 Å². The zero-order chi connectivity index (χ0) is 14.0. The monoisotopic (exact) mass is 281 g/mol. The molecule has 1 heterocycles. The van der Waals surface area contributed by atoms with E-state index in [9.17, 15) is 13.2 Å². The fourth-order valence-electron chi connectivity index (χ4n) is 1.58. The molecule has 100 valence electrons. The molecule has 0 aliphatic carbocycles. The lowest BCUT2D eigenvalue weighted by Crippen LogP contribution is -2.11. The molecular weight excluding hydrogens is 270 g/mol. The lowest BCUT2D eigenvalue weighted by atomic mass is 10.1. The van der Waals surface area contributed by atoms with Crippen LogP contribution >= 0.6 is 0 Å². The number of carboxylic acid groups (broad SMARTS) is 1. The zero-order valence-corrected chi connectivity index (χ0v) is 10.8. The summed E-state index contributed by atoms with van der Waals surface area (Å²) in [5.41, 5.74) is 0.604. The van der Waals surface area contributed by atoms with E-state index in [1.165, 1.54) is 35.2 Å². The molecule has 0 saturated carbocycles. The smallest absolute Gasteiger partial charge is 0.335 e. The van der Waals surface area contributed by atoms with Gasteiger partial charge in [0.1, 0.15) is 6.33 Å². The first-order chi connectivity index (χ1) is 8.90. The number of rotatable bonds is 4. The van der Waals surface area contributed by atoms with Gasteiger partial charge in [0, 0.05) is 7.05 Å². The van der Waals surface area contributed by atoms with Crippen molar-refractivity contribution in [3.05, 3.63) is 41.7 Å². The maximum atomic E-state index is 12.1. The van der Waals surface area contributed by atoms with Crippen LogP contribution in [-0.4, -0.2) is 34.3 Å². The van der Waals surface area contributed by atoms with E-state index in [4.69, 9.17) is 5.11 Å². The summed E-state index contributed by atoms with van der Waals surface area (Å²) in [5, 5.41) is 15.7. The highest BCUT2D eigenvalue weighted by atomic mass is 32.2. The van der Waals surface area contributed by atoms with Gasteiger partial charge in [0.2, 0.25) is 15.0 Å². The van der Waals surface area contributed by atoms with E-state index >= 15 is 0 Å². The molecule has 0 amide bonds. The Labute approximate surface area is 109 Å². The van der Waals surface area contributed by atoms with Crippen molar-refractivity contribution >= 4 is 15.8 Å². The minimum atomic E-state index is -3.59. The van der Waals surface area contributed by atoms with E-state index in [2.05, 4.69) is 10.2 Å². The van der Waals surface area contributed by atoms with Crippen molar-refractivity contribution in [3.63, 3.8) is 0 Å². The molecule has 2 rings (SSSR count). The summed E-state index contributed by atoms with van der Waals surface area (Å²) in [5.74, 6) is -1.30. The summed E-state index contributed by atoms with van der Waals surface area (Å²) < 4.78 is 25.4. The van der Waals surface area contributed by atoms with Crippen molar-refractivity contribution in [1.29, 1.82) is 0 Å². The second-order valence-electron chi connectivity index (χ2n) is 3.99. The molecular formula is C11H11N3O4S. The summed E-state index contributed by atoms with van der Waals surface area (Å²) in [4.78, 5) is 10.7. The Balaban J connectivity index is 2.26. The van der Waals surface area contributed by atoms with Crippen molar-refractivity contribution in [1.82, 2.24) is 14.8 Å². The third kappa shape index (κ3) is 2.79. The Morgan fingerprint density at radius 3 is 2.42 bits per heavy atom. The van der Waals surface area contributed by atoms with Crippen molar-refractivity contribution in [2.45, 2.75) is 10.9 Å². The maximum Gasteiger partial charge on any atom is 0.335 e. The van der Waals surface area contributed by atoms with E-state index in [0.717, 1.165) is 0 Å². The maximum absolute atomic E-state index is 12.1. The molecule has 2 aromatic rings. The Bertz CT molecular complexity index is 704. The predicted molar refractivity (Wildman–Crippen MR) is 65.3 cm³/mol. The molecule has 7 nitrogen and oxygen atoms in total. The summed E-state index contributed by atoms with van der Waals surface area (Å²) >= 11 is 0. The molecule has 0 spiro atoms. The van der Waals surface area contributed by atoms with E-state index < -0.39 is 15.8 Å². The van der Waals surface area contributed by atoms with Gasteiger partial charge >= 0.3 is 5.97 Å². The number of carbonyl (C=O) groups is 1. The molecule has 0 aliphatic heterocycles. The number of hydrogen-bond donors (Lipinski definition) is 1. The van der Waals surface area contributed by atoms with Crippen molar-refractivity contribution in [3.8, 4) is 0 Å². The van der Waals surface area contributed by atoms with Crippen LogP contribution in [0.4, 0.5) is 0 Å². The van der Waals surface area contributed by atoms with Crippen LogP contribution < -0.4 is 0 Å². The van der Waals surface area contributed by atoms with Crippen LogP contribution in [0, 0.1) is 0 Å². The fraction of sp³-hybridized carbons (Fsp3) is 0.182. The lowest BCUT2D eigenvalue weighted by Gasteiger charge is -2.04. The molecule has 0 atom stereocenters. The average molecular weight is 281 g/mol. The second-order valence-corrected chi connectivity index (χ2v) is 5.87. The van der Waals surface area contributed by atoms with Crippen LogP contribution in [0.15, 0.2) is 35.7 Å². The van der Waals surface area contributed by atoms with Gasteiger partial charge in [-0.05, 0) is 17.7 Å². The summed E-state index contributed by atoms with van der Waals surface area (Å²) in [6.45, 7) is 0. The molecule has 0 aliphatic rings. The quantitative estimate of drug-likeness (QED) is 0.874. The molecule has 1 aromatic carbocycles. The number of nitrogens with zero attached hydrogens (tertiary/aromatic N) is 3. The number of hydrogen-bond acceptors (Lipinski definition) is 5. The van der Waals surface area contributed by atoms with Gasteiger partial charge < -0.3 is 9.67 Å². The number of carboxylic acids is 1. The molecule has 1 N–H and O–H groups in total. The van der Waals surface area contributed by atoms with Crippen molar-refractivity contribution < 1.29 is 18.3 Å². The van der Waals surface area contributed by atoms with Gasteiger partial charge in [-0.25, -0.2) is 13.2 Å². The van der Waals surface area contributed by atoms with Crippen LogP contribution in [0.2, 0.25) is 0 Å². The Morgan fingerprint density at radius 2 is 1.95 bits per heavy atom. The van der Waals surface area contributed by atoms with E-state index in [1.807, 2.05) is 0 Å². The van der Waals surface area contributed by atoms with Gasteiger partial charge in [-0.3, -0.25) is 0 Å². The Kier molecular flexibility index (Phi) is 3.34. The molecule has 19 heavy (non-hydrogen) atoms. The highest BCUT2D eigenvalue weighted by molar-refractivity contribution is 7.90. The highest BCUT2D eigenvalue weighted by Crippen LogP contribution is 2.14. The van der Waals surface area contributed by atoms with Gasteiger partial charge in [0.15, 0.2) is 0 Å². The van der Waals surface area contributed by atoms with Crippen LogP contribution in [-0.2, 0) is 22.6 Å². The largest absolute Gasteiger partial charge is 0.478 e.